The molecule has 0 unspecified atom stereocenters. The Kier molecular flexibility index (Phi) is 3.13. The van der Waals surface area contributed by atoms with Crippen molar-refractivity contribution in [2.45, 2.75) is 0 Å². The molecule has 0 saturated heterocycles. The van der Waals surface area contributed by atoms with Gasteiger partial charge >= 0.3 is 0 Å². The fourth-order valence-corrected chi connectivity index (χ4v) is 2.21. The second kappa shape index (κ2) is 5.10. The maximum absolute atomic E-state index is 11.7. The van der Waals surface area contributed by atoms with Crippen molar-refractivity contribution in [1.29, 1.82) is 5.26 Å². The summed E-state index contributed by atoms with van der Waals surface area (Å²) in [5.41, 5.74) is 1.87. The molecule has 0 aliphatic heterocycles. The monoisotopic (exact) mass is 277 g/mol. The van der Waals surface area contributed by atoms with Gasteiger partial charge in [-0.25, -0.2) is 0 Å². The Hall–Kier alpha value is -3.13. The minimum atomic E-state index is -0.396. The molecule has 21 heavy (non-hydrogen) atoms. The molecule has 2 aromatic heterocycles. The molecular weight excluding hydrogens is 266 g/mol. The summed E-state index contributed by atoms with van der Waals surface area (Å²) in [6, 6.07) is 12.6. The minimum absolute atomic E-state index is 0.0691. The summed E-state index contributed by atoms with van der Waals surface area (Å²) in [6.45, 7) is 0. The molecule has 102 valence electrons. The second-order valence-corrected chi connectivity index (χ2v) is 4.48. The smallest absolute Gasteiger partial charge is 0.266 e. The Morgan fingerprint density at radius 1 is 1.29 bits per heavy atom. The maximum atomic E-state index is 11.7. The van der Waals surface area contributed by atoms with Crippen LogP contribution in [0.1, 0.15) is 5.56 Å². The second-order valence-electron chi connectivity index (χ2n) is 4.48. The molecule has 0 amide bonds. The molecule has 1 aromatic carbocycles. The topological polar surface area (TPSA) is 78.8 Å². The third-order valence-electron chi connectivity index (χ3n) is 3.24. The van der Waals surface area contributed by atoms with Crippen LogP contribution in [-0.2, 0) is 0 Å². The highest BCUT2D eigenvalue weighted by Gasteiger charge is 2.09. The van der Waals surface area contributed by atoms with Crippen molar-refractivity contribution in [3.05, 3.63) is 58.5 Å². The van der Waals surface area contributed by atoms with Gasteiger partial charge in [0.05, 0.1) is 18.3 Å². The first-order chi connectivity index (χ1) is 10.2. The summed E-state index contributed by atoms with van der Waals surface area (Å²) in [4.78, 5) is 18.8. The zero-order valence-electron chi connectivity index (χ0n) is 11.3. The van der Waals surface area contributed by atoms with Gasteiger partial charge in [0.25, 0.3) is 5.56 Å². The Labute approximate surface area is 120 Å². The molecule has 0 fully saturated rings. The third-order valence-corrected chi connectivity index (χ3v) is 3.24. The summed E-state index contributed by atoms with van der Waals surface area (Å²) in [5.74, 6) is 0.719. The van der Waals surface area contributed by atoms with Gasteiger partial charge in [-0.2, -0.15) is 5.26 Å². The number of aromatic nitrogens is 2. The molecule has 0 saturated carbocycles. The fourth-order valence-electron chi connectivity index (χ4n) is 2.21. The predicted octanol–water partition coefficient (Wildman–Crippen LogP) is 2.47. The van der Waals surface area contributed by atoms with Crippen molar-refractivity contribution in [3.8, 4) is 23.1 Å². The minimum Gasteiger partial charge on any atom is -0.497 e. The molecule has 5 heteroatoms. The highest BCUT2D eigenvalue weighted by atomic mass is 16.5. The number of rotatable bonds is 2. The van der Waals surface area contributed by atoms with E-state index in [2.05, 4.69) is 9.97 Å². The van der Waals surface area contributed by atoms with Crippen LogP contribution in [0.4, 0.5) is 0 Å². The lowest BCUT2D eigenvalue weighted by molar-refractivity contribution is 0.415. The number of hydrogen-bond acceptors (Lipinski definition) is 4. The zero-order chi connectivity index (χ0) is 14.8. The van der Waals surface area contributed by atoms with Gasteiger partial charge in [-0.05, 0) is 24.3 Å². The Morgan fingerprint density at radius 2 is 2.14 bits per heavy atom. The van der Waals surface area contributed by atoms with Gasteiger partial charge in [-0.15, -0.1) is 0 Å². The van der Waals surface area contributed by atoms with E-state index in [1.165, 1.54) is 0 Å². The molecule has 0 spiro atoms. The average Bonchev–Trinajstić information content (AvgIpc) is 2.53. The van der Waals surface area contributed by atoms with E-state index in [0.717, 1.165) is 16.7 Å². The first kappa shape index (κ1) is 12.9. The van der Waals surface area contributed by atoms with Crippen LogP contribution in [-0.4, -0.2) is 17.1 Å². The lowest BCUT2D eigenvalue weighted by atomic mass is 10.1. The number of H-pyrrole nitrogens is 1. The number of nitriles is 1. The number of aromatic amines is 1. The van der Waals surface area contributed by atoms with Crippen molar-refractivity contribution >= 4 is 10.9 Å². The molecule has 0 atom stereocenters. The standard InChI is InChI=1S/C16H11N3O2/c1-21-12-4-2-3-10(7-12)15-13-8-11(9-17)16(20)19-14(13)5-6-18-15/h2-8H,1H3,(H,19,20). The Morgan fingerprint density at radius 3 is 2.90 bits per heavy atom. The van der Waals surface area contributed by atoms with E-state index < -0.39 is 5.56 Å². The fraction of sp³-hybridized carbons (Fsp3) is 0.0625. The van der Waals surface area contributed by atoms with E-state index in [4.69, 9.17) is 10.00 Å². The van der Waals surface area contributed by atoms with Gasteiger partial charge in [-0.1, -0.05) is 12.1 Å². The number of nitrogens with zero attached hydrogens (tertiary/aromatic N) is 2. The maximum Gasteiger partial charge on any atom is 0.266 e. The number of methoxy groups -OCH3 is 1. The predicted molar refractivity (Wildman–Crippen MR) is 79.1 cm³/mol. The quantitative estimate of drug-likeness (QED) is 0.780. The molecule has 3 rings (SSSR count). The number of hydrogen-bond donors (Lipinski definition) is 1. The lowest BCUT2D eigenvalue weighted by Gasteiger charge is -2.07. The van der Waals surface area contributed by atoms with Crippen LogP contribution in [0.2, 0.25) is 0 Å². The number of fused-ring (bicyclic) bond motifs is 1. The van der Waals surface area contributed by atoms with Crippen LogP contribution in [0.15, 0.2) is 47.4 Å². The molecule has 0 bridgehead atoms. The lowest BCUT2D eigenvalue weighted by Crippen LogP contribution is -2.09. The Balaban J connectivity index is 2.32. The van der Waals surface area contributed by atoms with Gasteiger partial charge in [0.2, 0.25) is 0 Å². The van der Waals surface area contributed by atoms with E-state index >= 15 is 0 Å². The van der Waals surface area contributed by atoms with Gasteiger partial charge in [-0.3, -0.25) is 9.78 Å². The van der Waals surface area contributed by atoms with Gasteiger partial charge in [0, 0.05) is 17.1 Å². The van der Waals surface area contributed by atoms with Gasteiger partial charge < -0.3 is 9.72 Å². The summed E-state index contributed by atoms with van der Waals surface area (Å²) < 4.78 is 5.21. The molecule has 1 N–H and O–H groups in total. The number of benzene rings is 1. The van der Waals surface area contributed by atoms with Crippen molar-refractivity contribution in [2.75, 3.05) is 7.11 Å². The summed E-state index contributed by atoms with van der Waals surface area (Å²) in [6.07, 6.45) is 1.62. The number of pyridine rings is 2. The van der Waals surface area contributed by atoms with Crippen molar-refractivity contribution in [1.82, 2.24) is 9.97 Å². The largest absolute Gasteiger partial charge is 0.497 e. The van der Waals surface area contributed by atoms with E-state index in [1.54, 1.807) is 25.4 Å². The van der Waals surface area contributed by atoms with Crippen LogP contribution in [0.3, 0.4) is 0 Å². The van der Waals surface area contributed by atoms with Crippen LogP contribution in [0.25, 0.3) is 22.2 Å². The van der Waals surface area contributed by atoms with Crippen LogP contribution in [0, 0.1) is 11.3 Å². The average molecular weight is 277 g/mol. The van der Waals surface area contributed by atoms with Crippen molar-refractivity contribution < 1.29 is 4.74 Å². The highest BCUT2D eigenvalue weighted by molar-refractivity contribution is 5.92. The van der Waals surface area contributed by atoms with Crippen LogP contribution in [0.5, 0.6) is 5.75 Å². The third kappa shape index (κ3) is 2.23. The molecule has 0 radical (unpaired) electrons. The van der Waals surface area contributed by atoms with E-state index in [-0.39, 0.29) is 5.56 Å². The molecule has 3 aromatic rings. The van der Waals surface area contributed by atoms with Crippen LogP contribution < -0.4 is 10.3 Å². The van der Waals surface area contributed by atoms with Gasteiger partial charge in [0.1, 0.15) is 17.4 Å². The molecule has 0 aliphatic carbocycles. The molecule has 2 heterocycles. The SMILES string of the molecule is COc1cccc(-c2nccc3[nH]c(=O)c(C#N)cc23)c1. The van der Waals surface area contributed by atoms with E-state index in [1.807, 2.05) is 30.3 Å². The number of nitrogens with one attached hydrogen (secondary N) is 1. The van der Waals surface area contributed by atoms with Crippen molar-refractivity contribution in [3.63, 3.8) is 0 Å². The van der Waals surface area contributed by atoms with E-state index in [9.17, 15) is 4.79 Å². The van der Waals surface area contributed by atoms with Crippen molar-refractivity contribution in [2.24, 2.45) is 0 Å². The first-order valence-electron chi connectivity index (χ1n) is 6.29. The molecular formula is C16H11N3O2. The zero-order valence-corrected chi connectivity index (χ0v) is 11.3. The summed E-state index contributed by atoms with van der Waals surface area (Å²) in [7, 11) is 1.60. The summed E-state index contributed by atoms with van der Waals surface area (Å²) >= 11 is 0. The normalized spacial score (nSPS) is 10.3. The van der Waals surface area contributed by atoms with E-state index in [0.29, 0.717) is 11.2 Å². The van der Waals surface area contributed by atoms with Gasteiger partial charge in [0.15, 0.2) is 0 Å². The molecule has 0 aliphatic rings. The Bertz CT molecular complexity index is 923. The van der Waals surface area contributed by atoms with Crippen LogP contribution >= 0.6 is 0 Å². The summed E-state index contributed by atoms with van der Waals surface area (Å²) in [5, 5.41) is 9.74. The highest BCUT2D eigenvalue weighted by Crippen LogP contribution is 2.27. The molecule has 5 nitrogen and oxygen atoms in total. The first-order valence-corrected chi connectivity index (χ1v) is 6.29. The number of ether oxygens (including phenoxy) is 1.